The Kier molecular flexibility index (Phi) is 5.26. The molecule has 5 nitrogen and oxygen atoms in total. The summed E-state index contributed by atoms with van der Waals surface area (Å²) < 4.78 is 7.24. The highest BCUT2D eigenvalue weighted by Crippen LogP contribution is 2.30. The SMILES string of the molecule is COc1cc(Cl)c(C)cc1NC(=O)Cn1cc(Br)ccc1=O. The molecule has 2 aromatic rings. The van der Waals surface area contributed by atoms with E-state index in [9.17, 15) is 9.59 Å². The number of nitrogens with one attached hydrogen (secondary N) is 1. The topological polar surface area (TPSA) is 60.3 Å². The number of nitrogens with zero attached hydrogens (tertiary/aromatic N) is 1. The Balaban J connectivity index is 2.20. The Hall–Kier alpha value is -1.79. The van der Waals surface area contributed by atoms with Gasteiger partial charge in [0.2, 0.25) is 5.91 Å². The predicted octanol–water partition coefficient (Wildman–Crippen LogP) is 3.22. The summed E-state index contributed by atoms with van der Waals surface area (Å²) in [5.41, 5.74) is 1.08. The summed E-state index contributed by atoms with van der Waals surface area (Å²) >= 11 is 9.29. The fraction of sp³-hybridized carbons (Fsp3) is 0.200. The summed E-state index contributed by atoms with van der Waals surface area (Å²) in [6.45, 7) is 1.74. The van der Waals surface area contributed by atoms with E-state index >= 15 is 0 Å². The van der Waals surface area contributed by atoms with Crippen LogP contribution in [-0.2, 0) is 11.3 Å². The zero-order valence-corrected chi connectivity index (χ0v) is 14.4. The molecule has 0 atom stereocenters. The van der Waals surface area contributed by atoms with Crippen molar-refractivity contribution in [3.63, 3.8) is 0 Å². The van der Waals surface area contributed by atoms with Crippen molar-refractivity contribution in [3.05, 3.63) is 55.9 Å². The van der Waals surface area contributed by atoms with Crippen molar-refractivity contribution in [3.8, 4) is 5.75 Å². The standard InChI is InChI=1S/C15H14BrClN2O3/c1-9-5-12(13(22-2)6-11(9)17)18-14(20)8-19-7-10(16)3-4-15(19)21/h3-7H,8H2,1-2H3,(H,18,20). The number of aryl methyl sites for hydroxylation is 1. The lowest BCUT2D eigenvalue weighted by Gasteiger charge is -2.13. The molecular formula is C15H14BrClN2O3. The third kappa shape index (κ3) is 3.90. The molecule has 0 spiro atoms. The number of pyridine rings is 1. The van der Waals surface area contributed by atoms with E-state index in [2.05, 4.69) is 21.2 Å². The molecule has 0 aliphatic heterocycles. The Morgan fingerprint density at radius 1 is 1.41 bits per heavy atom. The first-order valence-electron chi connectivity index (χ1n) is 6.40. The van der Waals surface area contributed by atoms with Crippen molar-refractivity contribution in [1.82, 2.24) is 4.57 Å². The molecule has 1 heterocycles. The lowest BCUT2D eigenvalue weighted by molar-refractivity contribution is -0.116. The third-order valence-electron chi connectivity index (χ3n) is 3.02. The first-order chi connectivity index (χ1) is 10.4. The molecule has 0 saturated heterocycles. The second-order valence-electron chi connectivity index (χ2n) is 4.66. The van der Waals surface area contributed by atoms with Crippen molar-refractivity contribution in [2.75, 3.05) is 12.4 Å². The van der Waals surface area contributed by atoms with Crippen LogP contribution in [0.5, 0.6) is 5.75 Å². The van der Waals surface area contributed by atoms with Gasteiger partial charge in [0.05, 0.1) is 12.8 Å². The van der Waals surface area contributed by atoms with Gasteiger partial charge in [0.1, 0.15) is 12.3 Å². The van der Waals surface area contributed by atoms with Gasteiger partial charge in [-0.05, 0) is 40.5 Å². The molecule has 2 rings (SSSR count). The molecule has 0 unspecified atom stereocenters. The quantitative estimate of drug-likeness (QED) is 0.879. The summed E-state index contributed by atoms with van der Waals surface area (Å²) in [5, 5.41) is 3.28. The number of anilines is 1. The molecule has 0 aliphatic carbocycles. The molecule has 22 heavy (non-hydrogen) atoms. The molecule has 1 aromatic heterocycles. The van der Waals surface area contributed by atoms with E-state index in [1.165, 1.54) is 17.7 Å². The molecule has 7 heteroatoms. The lowest BCUT2D eigenvalue weighted by Crippen LogP contribution is -2.26. The van der Waals surface area contributed by atoms with Crippen LogP contribution in [0.25, 0.3) is 0 Å². The maximum Gasteiger partial charge on any atom is 0.251 e. The second-order valence-corrected chi connectivity index (χ2v) is 5.99. The summed E-state index contributed by atoms with van der Waals surface area (Å²) in [6.07, 6.45) is 1.56. The Labute approximate surface area is 141 Å². The van der Waals surface area contributed by atoms with Gasteiger partial charge in [-0.15, -0.1) is 0 Å². The van der Waals surface area contributed by atoms with Gasteiger partial charge in [-0.3, -0.25) is 9.59 Å². The van der Waals surface area contributed by atoms with Crippen LogP contribution in [0.3, 0.4) is 0 Å². The number of carbonyl (C=O) groups excluding carboxylic acids is 1. The minimum atomic E-state index is -0.333. The number of amides is 1. The number of ether oxygens (including phenoxy) is 1. The molecule has 1 amide bonds. The van der Waals surface area contributed by atoms with E-state index in [4.69, 9.17) is 16.3 Å². The number of hydrogen-bond acceptors (Lipinski definition) is 3. The molecule has 0 radical (unpaired) electrons. The molecule has 0 saturated carbocycles. The van der Waals surface area contributed by atoms with Crippen LogP contribution in [0.4, 0.5) is 5.69 Å². The van der Waals surface area contributed by atoms with Gasteiger partial charge in [0, 0.05) is 27.8 Å². The fourth-order valence-corrected chi connectivity index (χ4v) is 2.43. The van der Waals surface area contributed by atoms with E-state index in [-0.39, 0.29) is 18.0 Å². The predicted molar refractivity (Wildman–Crippen MR) is 89.8 cm³/mol. The van der Waals surface area contributed by atoms with Gasteiger partial charge in [0.15, 0.2) is 0 Å². The second kappa shape index (κ2) is 6.98. The lowest BCUT2D eigenvalue weighted by atomic mass is 10.2. The highest BCUT2D eigenvalue weighted by atomic mass is 79.9. The molecule has 0 fully saturated rings. The first-order valence-corrected chi connectivity index (χ1v) is 7.58. The smallest absolute Gasteiger partial charge is 0.251 e. The van der Waals surface area contributed by atoms with Crippen molar-refractivity contribution < 1.29 is 9.53 Å². The van der Waals surface area contributed by atoms with Crippen molar-refractivity contribution in [2.45, 2.75) is 13.5 Å². The van der Waals surface area contributed by atoms with Crippen molar-refractivity contribution in [1.29, 1.82) is 0 Å². The van der Waals surface area contributed by atoms with Gasteiger partial charge in [-0.1, -0.05) is 11.6 Å². The number of hydrogen-bond donors (Lipinski definition) is 1. The van der Waals surface area contributed by atoms with Crippen LogP contribution in [-0.4, -0.2) is 17.6 Å². The van der Waals surface area contributed by atoms with Gasteiger partial charge in [-0.25, -0.2) is 0 Å². The Bertz CT molecular complexity index is 774. The average molecular weight is 386 g/mol. The van der Waals surface area contributed by atoms with Gasteiger partial charge in [-0.2, -0.15) is 0 Å². The van der Waals surface area contributed by atoms with Gasteiger partial charge >= 0.3 is 0 Å². The maximum atomic E-state index is 12.1. The normalized spacial score (nSPS) is 10.4. The number of benzene rings is 1. The molecule has 0 aliphatic rings. The highest BCUT2D eigenvalue weighted by Gasteiger charge is 2.11. The minimum Gasteiger partial charge on any atom is -0.495 e. The summed E-state index contributed by atoms with van der Waals surface area (Å²) in [6, 6.07) is 6.38. The molecule has 116 valence electrons. The molecule has 1 aromatic carbocycles. The largest absolute Gasteiger partial charge is 0.495 e. The number of aromatic nitrogens is 1. The number of methoxy groups -OCH3 is 1. The maximum absolute atomic E-state index is 12.1. The first kappa shape index (κ1) is 16.6. The zero-order valence-electron chi connectivity index (χ0n) is 12.0. The Morgan fingerprint density at radius 2 is 2.14 bits per heavy atom. The zero-order chi connectivity index (χ0) is 16.3. The van der Waals surface area contributed by atoms with Crippen LogP contribution in [0, 0.1) is 6.92 Å². The Morgan fingerprint density at radius 3 is 2.82 bits per heavy atom. The van der Waals surface area contributed by atoms with E-state index < -0.39 is 0 Å². The van der Waals surface area contributed by atoms with E-state index in [1.54, 1.807) is 24.4 Å². The monoisotopic (exact) mass is 384 g/mol. The number of rotatable bonds is 4. The summed E-state index contributed by atoms with van der Waals surface area (Å²) in [4.78, 5) is 23.8. The highest BCUT2D eigenvalue weighted by molar-refractivity contribution is 9.10. The van der Waals surface area contributed by atoms with Crippen LogP contribution in [0.1, 0.15) is 5.56 Å². The van der Waals surface area contributed by atoms with Gasteiger partial charge < -0.3 is 14.6 Å². The molecule has 0 bridgehead atoms. The minimum absolute atomic E-state index is 0.0941. The van der Waals surface area contributed by atoms with Crippen LogP contribution in [0.2, 0.25) is 5.02 Å². The van der Waals surface area contributed by atoms with Crippen LogP contribution >= 0.6 is 27.5 Å². The summed E-state index contributed by atoms with van der Waals surface area (Å²) in [7, 11) is 1.50. The average Bonchev–Trinajstić information content (AvgIpc) is 2.46. The van der Waals surface area contributed by atoms with Crippen LogP contribution < -0.4 is 15.6 Å². The summed E-state index contributed by atoms with van der Waals surface area (Å²) in [5.74, 6) is 0.130. The molecule has 1 N–H and O–H groups in total. The van der Waals surface area contributed by atoms with Crippen molar-refractivity contribution in [2.24, 2.45) is 0 Å². The van der Waals surface area contributed by atoms with Crippen molar-refractivity contribution >= 4 is 39.1 Å². The van der Waals surface area contributed by atoms with Crippen LogP contribution in [0.15, 0.2) is 39.7 Å². The van der Waals surface area contributed by atoms with E-state index in [0.717, 1.165) is 10.0 Å². The van der Waals surface area contributed by atoms with Gasteiger partial charge in [0.25, 0.3) is 5.56 Å². The third-order valence-corrected chi connectivity index (χ3v) is 3.89. The fourth-order valence-electron chi connectivity index (χ4n) is 1.90. The van der Waals surface area contributed by atoms with E-state index in [1.807, 2.05) is 6.92 Å². The number of halogens is 2. The van der Waals surface area contributed by atoms with E-state index in [0.29, 0.717) is 16.5 Å². The number of carbonyl (C=O) groups is 1. The molecular weight excluding hydrogens is 372 g/mol.